The predicted octanol–water partition coefficient (Wildman–Crippen LogP) is 2.77. The van der Waals surface area contributed by atoms with Crippen LogP contribution in [0.3, 0.4) is 0 Å². The lowest BCUT2D eigenvalue weighted by molar-refractivity contribution is -0.210. The van der Waals surface area contributed by atoms with E-state index in [0.717, 1.165) is 0 Å². The summed E-state index contributed by atoms with van der Waals surface area (Å²) in [7, 11) is 0. The molecule has 1 aromatic rings. The third kappa shape index (κ3) is 3.57. The average molecular weight is 291 g/mol. The van der Waals surface area contributed by atoms with Crippen molar-refractivity contribution in [2.75, 3.05) is 0 Å². The van der Waals surface area contributed by atoms with E-state index in [0.29, 0.717) is 12.1 Å². The first-order valence-corrected chi connectivity index (χ1v) is 4.81. The number of rotatable bonds is 2. The lowest BCUT2D eigenvalue weighted by Gasteiger charge is -2.22. The van der Waals surface area contributed by atoms with Gasteiger partial charge in [0.25, 0.3) is 0 Å². The minimum atomic E-state index is -5.17. The van der Waals surface area contributed by atoms with Crippen LogP contribution < -0.4 is 5.73 Å². The van der Waals surface area contributed by atoms with Gasteiger partial charge in [-0.3, -0.25) is 0 Å². The van der Waals surface area contributed by atoms with Crippen LogP contribution in [-0.2, 0) is 6.18 Å². The van der Waals surface area contributed by atoms with Gasteiger partial charge in [-0.25, -0.2) is 4.39 Å². The van der Waals surface area contributed by atoms with Crippen molar-refractivity contribution in [3.05, 3.63) is 35.1 Å². The average Bonchev–Trinajstić information content (AvgIpc) is 2.25. The Hall–Kier alpha value is -1.35. The van der Waals surface area contributed by atoms with E-state index in [-0.39, 0.29) is 6.07 Å². The van der Waals surface area contributed by atoms with Gasteiger partial charge in [0.2, 0.25) is 0 Å². The molecule has 108 valence electrons. The second-order valence-corrected chi connectivity index (χ2v) is 3.75. The standard InChI is InChI=1S/C10H8F7NO/c11-6-2-1-4(9(12,13)14)3-5(6)7(18)8(19)10(15,16)17/h1-3,7-8,19H,18H2/t7-,8-/m1/s1. The topological polar surface area (TPSA) is 46.2 Å². The normalized spacial score (nSPS) is 16.3. The van der Waals surface area contributed by atoms with Crippen LogP contribution in [0.2, 0.25) is 0 Å². The van der Waals surface area contributed by atoms with Crippen LogP contribution >= 0.6 is 0 Å². The van der Waals surface area contributed by atoms with Crippen LogP contribution in [0.5, 0.6) is 0 Å². The van der Waals surface area contributed by atoms with E-state index in [2.05, 4.69) is 0 Å². The highest BCUT2D eigenvalue weighted by atomic mass is 19.4. The van der Waals surface area contributed by atoms with E-state index in [1.807, 2.05) is 0 Å². The third-order valence-corrected chi connectivity index (χ3v) is 2.36. The van der Waals surface area contributed by atoms with Crippen molar-refractivity contribution in [3.63, 3.8) is 0 Å². The fourth-order valence-corrected chi connectivity index (χ4v) is 1.35. The van der Waals surface area contributed by atoms with Gasteiger partial charge in [-0.15, -0.1) is 0 Å². The second-order valence-electron chi connectivity index (χ2n) is 3.75. The second kappa shape index (κ2) is 4.97. The van der Waals surface area contributed by atoms with Crippen molar-refractivity contribution < 1.29 is 35.8 Å². The number of nitrogens with two attached hydrogens (primary N) is 1. The molecule has 0 unspecified atom stereocenters. The van der Waals surface area contributed by atoms with Crippen LogP contribution in [0.4, 0.5) is 30.7 Å². The van der Waals surface area contributed by atoms with Gasteiger partial charge >= 0.3 is 12.4 Å². The molecule has 2 nitrogen and oxygen atoms in total. The highest BCUT2D eigenvalue weighted by Gasteiger charge is 2.44. The zero-order valence-electron chi connectivity index (χ0n) is 9.06. The summed E-state index contributed by atoms with van der Waals surface area (Å²) in [5.74, 6) is -1.36. The molecule has 0 aliphatic rings. The van der Waals surface area contributed by atoms with E-state index >= 15 is 0 Å². The lowest BCUT2D eigenvalue weighted by atomic mass is 9.99. The Morgan fingerprint density at radius 3 is 2.00 bits per heavy atom. The summed E-state index contributed by atoms with van der Waals surface area (Å²) in [4.78, 5) is 0. The molecular formula is C10H8F7NO. The first kappa shape index (κ1) is 15.7. The molecule has 0 amide bonds. The molecule has 0 aliphatic carbocycles. The molecule has 0 fully saturated rings. The molecule has 0 saturated heterocycles. The molecule has 0 saturated carbocycles. The Morgan fingerprint density at radius 2 is 1.58 bits per heavy atom. The molecule has 0 radical (unpaired) electrons. The Balaban J connectivity index is 3.20. The summed E-state index contributed by atoms with van der Waals surface area (Å²) >= 11 is 0. The zero-order valence-corrected chi connectivity index (χ0v) is 9.06. The number of benzene rings is 1. The Labute approximate surface area is 102 Å². The van der Waals surface area contributed by atoms with Gasteiger partial charge in [0.1, 0.15) is 5.82 Å². The molecule has 0 aliphatic heterocycles. The first-order valence-electron chi connectivity index (χ1n) is 4.81. The summed E-state index contributed by atoms with van der Waals surface area (Å²) in [6.07, 6.45) is -13.2. The van der Waals surface area contributed by atoms with Gasteiger partial charge in [-0.2, -0.15) is 26.3 Å². The zero-order chi connectivity index (χ0) is 15.0. The van der Waals surface area contributed by atoms with Gasteiger partial charge in [-0.05, 0) is 18.2 Å². The Bertz CT molecular complexity index is 454. The lowest BCUT2D eigenvalue weighted by Crippen LogP contribution is -2.39. The molecule has 1 rings (SSSR count). The summed E-state index contributed by atoms with van der Waals surface area (Å²) < 4.78 is 86.8. The predicted molar refractivity (Wildman–Crippen MR) is 50.4 cm³/mol. The van der Waals surface area contributed by atoms with Crippen LogP contribution in [0, 0.1) is 5.82 Å². The van der Waals surface area contributed by atoms with E-state index < -0.39 is 41.4 Å². The highest BCUT2D eigenvalue weighted by molar-refractivity contribution is 5.30. The van der Waals surface area contributed by atoms with Crippen LogP contribution in [0.15, 0.2) is 18.2 Å². The van der Waals surface area contributed by atoms with E-state index in [4.69, 9.17) is 10.8 Å². The molecule has 9 heteroatoms. The summed E-state index contributed by atoms with van der Waals surface area (Å²) in [5, 5.41) is 8.83. The van der Waals surface area contributed by atoms with Crippen molar-refractivity contribution in [1.82, 2.24) is 0 Å². The quantitative estimate of drug-likeness (QED) is 0.823. The molecule has 0 bridgehead atoms. The molecule has 1 aromatic carbocycles. The number of aliphatic hydroxyl groups is 1. The van der Waals surface area contributed by atoms with E-state index in [9.17, 15) is 30.7 Å². The summed E-state index contributed by atoms with van der Waals surface area (Å²) in [6, 6.07) is -1.48. The molecule has 19 heavy (non-hydrogen) atoms. The SMILES string of the molecule is N[C@H](c1cc(C(F)(F)F)ccc1F)[C@@H](O)C(F)(F)F. The molecule has 0 aromatic heterocycles. The Morgan fingerprint density at radius 1 is 1.05 bits per heavy atom. The van der Waals surface area contributed by atoms with Crippen molar-refractivity contribution in [3.8, 4) is 0 Å². The maximum absolute atomic E-state index is 13.2. The number of alkyl halides is 6. The third-order valence-electron chi connectivity index (χ3n) is 2.36. The minimum absolute atomic E-state index is 0.148. The van der Waals surface area contributed by atoms with Gasteiger partial charge in [-0.1, -0.05) is 0 Å². The summed E-state index contributed by atoms with van der Waals surface area (Å²) in [6.45, 7) is 0. The van der Waals surface area contributed by atoms with Crippen LogP contribution in [0.25, 0.3) is 0 Å². The van der Waals surface area contributed by atoms with Gasteiger partial charge in [0.15, 0.2) is 6.10 Å². The van der Waals surface area contributed by atoms with Gasteiger partial charge < -0.3 is 10.8 Å². The fraction of sp³-hybridized carbons (Fsp3) is 0.400. The molecule has 2 atom stereocenters. The monoisotopic (exact) mass is 291 g/mol. The van der Waals surface area contributed by atoms with Crippen LogP contribution in [-0.4, -0.2) is 17.4 Å². The smallest absolute Gasteiger partial charge is 0.382 e. The molecular weight excluding hydrogens is 283 g/mol. The molecule has 0 heterocycles. The number of aliphatic hydroxyl groups excluding tert-OH is 1. The largest absolute Gasteiger partial charge is 0.416 e. The Kier molecular flexibility index (Phi) is 4.11. The van der Waals surface area contributed by atoms with E-state index in [1.165, 1.54) is 0 Å². The minimum Gasteiger partial charge on any atom is -0.382 e. The van der Waals surface area contributed by atoms with E-state index in [1.54, 1.807) is 0 Å². The van der Waals surface area contributed by atoms with Crippen LogP contribution in [0.1, 0.15) is 17.2 Å². The van der Waals surface area contributed by atoms with Gasteiger partial charge in [0.05, 0.1) is 11.6 Å². The van der Waals surface area contributed by atoms with Crippen molar-refractivity contribution >= 4 is 0 Å². The number of hydrogen-bond acceptors (Lipinski definition) is 2. The maximum Gasteiger partial charge on any atom is 0.416 e. The van der Waals surface area contributed by atoms with Crippen molar-refractivity contribution in [2.24, 2.45) is 5.73 Å². The summed E-state index contributed by atoms with van der Waals surface area (Å²) in [5.41, 5.74) is 2.55. The number of halogens is 7. The number of hydrogen-bond donors (Lipinski definition) is 2. The van der Waals surface area contributed by atoms with Crippen molar-refractivity contribution in [2.45, 2.75) is 24.5 Å². The van der Waals surface area contributed by atoms with Gasteiger partial charge in [0, 0.05) is 5.56 Å². The first-order chi connectivity index (χ1) is 8.44. The van der Waals surface area contributed by atoms with Crippen molar-refractivity contribution in [1.29, 1.82) is 0 Å². The fourth-order valence-electron chi connectivity index (χ4n) is 1.35. The molecule has 0 spiro atoms. The highest BCUT2D eigenvalue weighted by Crippen LogP contribution is 2.34. The molecule has 3 N–H and O–H groups in total. The maximum atomic E-state index is 13.2.